The van der Waals surface area contributed by atoms with Crippen LogP contribution in [-0.4, -0.2) is 63.1 Å². The van der Waals surface area contributed by atoms with E-state index in [-0.39, 0.29) is 24.6 Å². The molecule has 0 spiro atoms. The van der Waals surface area contributed by atoms with Gasteiger partial charge in [0.15, 0.2) is 0 Å². The van der Waals surface area contributed by atoms with Crippen molar-refractivity contribution in [3.05, 3.63) is 89.5 Å². The van der Waals surface area contributed by atoms with Crippen LogP contribution in [0.15, 0.2) is 67.3 Å². The van der Waals surface area contributed by atoms with Gasteiger partial charge >= 0.3 is 0 Å². The maximum atomic E-state index is 13.0. The molecular weight excluding hydrogens is 404 g/mol. The number of aromatic nitrogens is 2. The third kappa shape index (κ3) is 4.44. The summed E-state index contributed by atoms with van der Waals surface area (Å²) in [7, 11) is 0. The predicted molar refractivity (Wildman–Crippen MR) is 119 cm³/mol. The van der Waals surface area contributed by atoms with Gasteiger partial charge in [0.05, 0.1) is 35.5 Å². The van der Waals surface area contributed by atoms with Crippen molar-refractivity contribution in [2.45, 2.75) is 12.1 Å². The first-order chi connectivity index (χ1) is 15.6. The zero-order chi connectivity index (χ0) is 22.5. The highest BCUT2D eigenvalue weighted by molar-refractivity contribution is 5.94. The summed E-state index contributed by atoms with van der Waals surface area (Å²) in [5, 5.41) is 19.6. The topological polar surface area (TPSA) is 119 Å². The van der Waals surface area contributed by atoms with E-state index < -0.39 is 0 Å². The summed E-state index contributed by atoms with van der Waals surface area (Å²) in [5.41, 5.74) is 9.03. The number of anilines is 1. The van der Waals surface area contributed by atoms with E-state index >= 15 is 0 Å². The van der Waals surface area contributed by atoms with E-state index in [1.54, 1.807) is 17.2 Å². The van der Waals surface area contributed by atoms with Crippen LogP contribution in [0.5, 0.6) is 0 Å². The molecule has 0 bridgehead atoms. The SMILES string of the molecule is N#Cc1cncc([C@@H](c2ccccc2)N2CCN(C(=O)c3cncc(N)c3)C[C@H]2CO)c1. The van der Waals surface area contributed by atoms with Gasteiger partial charge in [0.25, 0.3) is 5.91 Å². The monoisotopic (exact) mass is 428 g/mol. The maximum Gasteiger partial charge on any atom is 0.255 e. The molecule has 3 aromatic rings. The normalized spacial score (nSPS) is 17.5. The molecule has 0 aliphatic carbocycles. The minimum atomic E-state index is -0.294. The lowest BCUT2D eigenvalue weighted by Gasteiger charge is -2.45. The third-order valence-electron chi connectivity index (χ3n) is 5.68. The Labute approximate surface area is 186 Å². The summed E-state index contributed by atoms with van der Waals surface area (Å²) in [6.45, 7) is 1.27. The fourth-order valence-electron chi connectivity index (χ4n) is 4.19. The molecule has 2 atom stereocenters. The second-order valence-corrected chi connectivity index (χ2v) is 7.76. The Balaban J connectivity index is 1.64. The van der Waals surface area contributed by atoms with E-state index in [0.29, 0.717) is 36.4 Å². The van der Waals surface area contributed by atoms with E-state index in [1.165, 1.54) is 18.6 Å². The molecule has 4 rings (SSSR count). The van der Waals surface area contributed by atoms with Gasteiger partial charge in [-0.25, -0.2) is 0 Å². The standard InChI is InChI=1S/C24H24N6O2/c25-10-17-8-19(12-27-11-17)23(18-4-2-1-3-5-18)30-7-6-29(15-22(30)16-31)24(32)20-9-21(26)14-28-13-20/h1-5,8-9,11-14,22-23,31H,6-7,15-16,26H2/t22-,23+/m0/s1. The molecule has 0 radical (unpaired) electrons. The summed E-state index contributed by atoms with van der Waals surface area (Å²) in [5.74, 6) is -0.160. The predicted octanol–water partition coefficient (Wildman–Crippen LogP) is 1.84. The van der Waals surface area contributed by atoms with Gasteiger partial charge in [0.1, 0.15) is 6.07 Å². The highest BCUT2D eigenvalue weighted by Crippen LogP contribution is 2.32. The number of aliphatic hydroxyl groups is 1. The number of pyridine rings is 2. The van der Waals surface area contributed by atoms with Gasteiger partial charge < -0.3 is 15.7 Å². The average Bonchev–Trinajstić information content (AvgIpc) is 2.84. The molecule has 0 saturated carbocycles. The maximum absolute atomic E-state index is 13.0. The molecule has 2 aromatic heterocycles. The summed E-state index contributed by atoms with van der Waals surface area (Å²) in [4.78, 5) is 25.2. The lowest BCUT2D eigenvalue weighted by molar-refractivity contribution is 0.0195. The van der Waals surface area contributed by atoms with Gasteiger partial charge in [-0.3, -0.25) is 19.7 Å². The van der Waals surface area contributed by atoms with Crippen molar-refractivity contribution >= 4 is 11.6 Å². The molecular formula is C24H24N6O2. The molecule has 1 amide bonds. The smallest absolute Gasteiger partial charge is 0.255 e. The van der Waals surface area contributed by atoms with Gasteiger partial charge in [-0.05, 0) is 23.3 Å². The Hall–Kier alpha value is -3.80. The van der Waals surface area contributed by atoms with Crippen molar-refractivity contribution in [3.8, 4) is 6.07 Å². The van der Waals surface area contributed by atoms with Crippen LogP contribution in [0.3, 0.4) is 0 Å². The summed E-state index contributed by atoms with van der Waals surface area (Å²) in [6, 6.07) is 15.0. The molecule has 1 aliphatic heterocycles. The molecule has 162 valence electrons. The number of benzene rings is 1. The Kier molecular flexibility index (Phi) is 6.40. The summed E-state index contributed by atoms with van der Waals surface area (Å²) in [6.07, 6.45) is 6.29. The first-order valence-corrected chi connectivity index (χ1v) is 10.4. The first kappa shape index (κ1) is 21.4. The molecule has 0 unspecified atom stereocenters. The first-order valence-electron chi connectivity index (χ1n) is 10.4. The van der Waals surface area contributed by atoms with Crippen LogP contribution < -0.4 is 5.73 Å². The third-order valence-corrected chi connectivity index (χ3v) is 5.68. The number of hydrogen-bond donors (Lipinski definition) is 2. The molecule has 1 aliphatic rings. The largest absolute Gasteiger partial charge is 0.397 e. The van der Waals surface area contributed by atoms with Gasteiger partial charge in [0, 0.05) is 44.4 Å². The molecule has 8 heteroatoms. The highest BCUT2D eigenvalue weighted by Gasteiger charge is 2.35. The lowest BCUT2D eigenvalue weighted by Crippen LogP contribution is -2.57. The van der Waals surface area contributed by atoms with E-state index in [9.17, 15) is 15.2 Å². The minimum Gasteiger partial charge on any atom is -0.397 e. The van der Waals surface area contributed by atoms with Crippen LogP contribution in [0, 0.1) is 11.3 Å². The van der Waals surface area contributed by atoms with Crippen molar-refractivity contribution < 1.29 is 9.90 Å². The van der Waals surface area contributed by atoms with E-state index in [0.717, 1.165) is 11.1 Å². The van der Waals surface area contributed by atoms with Crippen molar-refractivity contribution in [1.29, 1.82) is 5.26 Å². The van der Waals surface area contributed by atoms with Crippen LogP contribution in [0.25, 0.3) is 0 Å². The number of nitrogen functional groups attached to an aromatic ring is 1. The average molecular weight is 428 g/mol. The molecule has 1 saturated heterocycles. The number of amides is 1. The number of nitrogens with zero attached hydrogens (tertiary/aromatic N) is 5. The van der Waals surface area contributed by atoms with Crippen LogP contribution in [-0.2, 0) is 0 Å². The number of carbonyl (C=O) groups is 1. The van der Waals surface area contributed by atoms with Crippen molar-refractivity contribution in [2.75, 3.05) is 32.0 Å². The quantitative estimate of drug-likeness (QED) is 0.636. The van der Waals surface area contributed by atoms with Gasteiger partial charge in [-0.1, -0.05) is 30.3 Å². The zero-order valence-corrected chi connectivity index (χ0v) is 17.5. The van der Waals surface area contributed by atoms with Gasteiger partial charge in [0.2, 0.25) is 0 Å². The second-order valence-electron chi connectivity index (χ2n) is 7.76. The Morgan fingerprint density at radius 3 is 2.62 bits per heavy atom. The molecule has 3 N–H and O–H groups in total. The fourth-order valence-corrected chi connectivity index (χ4v) is 4.19. The molecule has 1 fully saturated rings. The number of aliphatic hydroxyl groups excluding tert-OH is 1. The molecule has 32 heavy (non-hydrogen) atoms. The second kappa shape index (κ2) is 9.56. The van der Waals surface area contributed by atoms with E-state index in [1.807, 2.05) is 36.4 Å². The van der Waals surface area contributed by atoms with Gasteiger partial charge in [-0.2, -0.15) is 5.26 Å². The van der Waals surface area contributed by atoms with Crippen molar-refractivity contribution in [2.24, 2.45) is 0 Å². The molecule has 3 heterocycles. The Bertz CT molecular complexity index is 1130. The van der Waals surface area contributed by atoms with Crippen LogP contribution in [0.2, 0.25) is 0 Å². The van der Waals surface area contributed by atoms with Crippen LogP contribution in [0.4, 0.5) is 5.69 Å². The molecule has 8 nitrogen and oxygen atoms in total. The van der Waals surface area contributed by atoms with E-state index in [4.69, 9.17) is 5.73 Å². The summed E-state index contributed by atoms with van der Waals surface area (Å²) < 4.78 is 0. The number of hydrogen-bond acceptors (Lipinski definition) is 7. The van der Waals surface area contributed by atoms with Crippen LogP contribution in [0.1, 0.15) is 33.1 Å². The number of carbonyl (C=O) groups excluding carboxylic acids is 1. The minimum absolute atomic E-state index is 0.117. The number of piperazine rings is 1. The Morgan fingerprint density at radius 1 is 1.12 bits per heavy atom. The fraction of sp³-hybridized carbons (Fsp3) is 0.250. The number of nitriles is 1. The Morgan fingerprint density at radius 2 is 1.91 bits per heavy atom. The number of nitrogens with two attached hydrogens (primary N) is 1. The van der Waals surface area contributed by atoms with Crippen molar-refractivity contribution in [1.82, 2.24) is 19.8 Å². The van der Waals surface area contributed by atoms with Gasteiger partial charge in [-0.15, -0.1) is 0 Å². The lowest BCUT2D eigenvalue weighted by atomic mass is 9.94. The van der Waals surface area contributed by atoms with Crippen LogP contribution >= 0.6 is 0 Å². The highest BCUT2D eigenvalue weighted by atomic mass is 16.3. The summed E-state index contributed by atoms with van der Waals surface area (Å²) >= 11 is 0. The zero-order valence-electron chi connectivity index (χ0n) is 17.5. The van der Waals surface area contributed by atoms with E-state index in [2.05, 4.69) is 20.9 Å². The van der Waals surface area contributed by atoms with Crippen molar-refractivity contribution in [3.63, 3.8) is 0 Å². The molecule has 1 aromatic carbocycles. The number of rotatable bonds is 5.